The number of carbonyl (C=O) groups excluding carboxylic acids is 1. The van der Waals surface area contributed by atoms with Gasteiger partial charge in [0.05, 0.1) is 19.8 Å². The maximum absolute atomic E-state index is 11.7. The van der Waals surface area contributed by atoms with E-state index in [0.717, 1.165) is 25.9 Å². The van der Waals surface area contributed by atoms with E-state index in [2.05, 4.69) is 0 Å². The number of nitrogens with zero attached hydrogens (tertiary/aromatic N) is 1. The van der Waals surface area contributed by atoms with E-state index in [4.69, 9.17) is 18.9 Å². The summed E-state index contributed by atoms with van der Waals surface area (Å²) in [5, 5.41) is 0. The molecule has 0 saturated carbocycles. The zero-order valence-electron chi connectivity index (χ0n) is 13.7. The highest BCUT2D eigenvalue weighted by Gasteiger charge is 2.19. The van der Waals surface area contributed by atoms with Crippen LogP contribution < -0.4 is 0 Å². The molecule has 0 bridgehead atoms. The van der Waals surface area contributed by atoms with Crippen LogP contribution in [-0.2, 0) is 18.9 Å². The van der Waals surface area contributed by atoms with Crippen molar-refractivity contribution in [3.05, 3.63) is 0 Å². The first-order chi connectivity index (χ1) is 9.88. The van der Waals surface area contributed by atoms with Gasteiger partial charge in [-0.2, -0.15) is 0 Å². The SMILES string of the molecule is CN(CCOCCOC1CCCCO1)C(=O)OC(C)(C)C. The summed E-state index contributed by atoms with van der Waals surface area (Å²) in [5.41, 5.74) is -0.472. The number of ether oxygens (including phenoxy) is 4. The molecule has 1 unspecified atom stereocenters. The minimum absolute atomic E-state index is 0.0770. The molecule has 124 valence electrons. The van der Waals surface area contributed by atoms with E-state index in [1.807, 2.05) is 20.8 Å². The third-order valence-corrected chi connectivity index (χ3v) is 2.95. The number of rotatable bonds is 7. The lowest BCUT2D eigenvalue weighted by atomic mass is 10.2. The Bertz CT molecular complexity index is 297. The molecule has 0 aromatic heterocycles. The number of hydrogen-bond acceptors (Lipinski definition) is 5. The molecule has 6 nitrogen and oxygen atoms in total. The van der Waals surface area contributed by atoms with Gasteiger partial charge in [-0.15, -0.1) is 0 Å². The standard InChI is InChI=1S/C15H29NO5/c1-15(2,3)21-14(17)16(4)8-10-18-11-12-20-13-7-5-6-9-19-13/h13H,5-12H2,1-4H3. The molecule has 1 aliphatic heterocycles. The van der Waals surface area contributed by atoms with Crippen molar-refractivity contribution >= 4 is 6.09 Å². The highest BCUT2D eigenvalue weighted by atomic mass is 16.7. The van der Waals surface area contributed by atoms with Gasteiger partial charge in [-0.05, 0) is 40.0 Å². The maximum Gasteiger partial charge on any atom is 0.410 e. The van der Waals surface area contributed by atoms with Crippen LogP contribution in [0.1, 0.15) is 40.0 Å². The first-order valence-corrected chi connectivity index (χ1v) is 7.63. The van der Waals surface area contributed by atoms with Crippen LogP contribution in [0.3, 0.4) is 0 Å². The molecule has 1 rings (SSSR count). The molecule has 0 aliphatic carbocycles. The fourth-order valence-corrected chi connectivity index (χ4v) is 1.82. The van der Waals surface area contributed by atoms with Crippen molar-refractivity contribution in [3.8, 4) is 0 Å². The van der Waals surface area contributed by atoms with Gasteiger partial charge in [-0.3, -0.25) is 0 Å². The lowest BCUT2D eigenvalue weighted by molar-refractivity contribution is -0.169. The fraction of sp³-hybridized carbons (Fsp3) is 0.933. The van der Waals surface area contributed by atoms with Gasteiger partial charge in [0.25, 0.3) is 0 Å². The molecule has 1 amide bonds. The summed E-state index contributed by atoms with van der Waals surface area (Å²) >= 11 is 0. The maximum atomic E-state index is 11.7. The van der Waals surface area contributed by atoms with Crippen LogP contribution in [0.25, 0.3) is 0 Å². The minimum Gasteiger partial charge on any atom is -0.444 e. The zero-order valence-corrected chi connectivity index (χ0v) is 13.7. The number of likely N-dealkylation sites (N-methyl/N-ethyl adjacent to an activating group) is 1. The molecule has 1 fully saturated rings. The molecule has 0 aromatic carbocycles. The Kier molecular flexibility index (Phi) is 8.00. The summed E-state index contributed by atoms with van der Waals surface area (Å²) in [6.07, 6.45) is 2.82. The second-order valence-corrected chi connectivity index (χ2v) is 6.18. The third-order valence-electron chi connectivity index (χ3n) is 2.95. The highest BCUT2D eigenvalue weighted by molar-refractivity contribution is 5.67. The van der Waals surface area contributed by atoms with Gasteiger partial charge in [0.1, 0.15) is 5.60 Å². The molecule has 1 atom stereocenters. The van der Waals surface area contributed by atoms with E-state index in [1.165, 1.54) is 4.90 Å². The first-order valence-electron chi connectivity index (χ1n) is 7.63. The lowest BCUT2D eigenvalue weighted by Gasteiger charge is -2.24. The van der Waals surface area contributed by atoms with Crippen LogP contribution in [0, 0.1) is 0 Å². The number of carbonyl (C=O) groups is 1. The second kappa shape index (κ2) is 9.23. The van der Waals surface area contributed by atoms with Crippen LogP contribution in [-0.4, -0.2) is 62.9 Å². The van der Waals surface area contributed by atoms with Crippen molar-refractivity contribution in [3.63, 3.8) is 0 Å². The van der Waals surface area contributed by atoms with E-state index >= 15 is 0 Å². The summed E-state index contributed by atoms with van der Waals surface area (Å²) in [5.74, 6) is 0. The normalized spacial score (nSPS) is 19.3. The summed E-state index contributed by atoms with van der Waals surface area (Å²) < 4.78 is 21.7. The molecule has 21 heavy (non-hydrogen) atoms. The van der Waals surface area contributed by atoms with Crippen LogP contribution in [0.4, 0.5) is 4.79 Å². The zero-order chi connectivity index (χ0) is 15.7. The summed E-state index contributed by atoms with van der Waals surface area (Å²) in [6.45, 7) is 8.30. The largest absolute Gasteiger partial charge is 0.444 e. The highest BCUT2D eigenvalue weighted by Crippen LogP contribution is 2.13. The van der Waals surface area contributed by atoms with Gasteiger partial charge in [-0.25, -0.2) is 4.79 Å². The predicted octanol–water partition coefficient (Wildman–Crippen LogP) is 2.41. The molecule has 0 aromatic rings. The Morgan fingerprint density at radius 3 is 2.62 bits per heavy atom. The number of amides is 1. The van der Waals surface area contributed by atoms with E-state index in [0.29, 0.717) is 26.4 Å². The average Bonchev–Trinajstić information content (AvgIpc) is 2.41. The molecule has 6 heteroatoms. The third kappa shape index (κ3) is 8.90. The Balaban J connectivity index is 1.99. The van der Waals surface area contributed by atoms with Crippen molar-refractivity contribution < 1.29 is 23.7 Å². The van der Waals surface area contributed by atoms with Gasteiger partial charge in [0, 0.05) is 20.2 Å². The monoisotopic (exact) mass is 303 g/mol. The average molecular weight is 303 g/mol. The van der Waals surface area contributed by atoms with Gasteiger partial charge in [0.15, 0.2) is 6.29 Å². The summed E-state index contributed by atoms with van der Waals surface area (Å²) in [4.78, 5) is 13.2. The summed E-state index contributed by atoms with van der Waals surface area (Å²) in [7, 11) is 1.70. The molecular formula is C15H29NO5. The van der Waals surface area contributed by atoms with Gasteiger partial charge in [-0.1, -0.05) is 0 Å². The van der Waals surface area contributed by atoms with E-state index in [1.54, 1.807) is 7.05 Å². The van der Waals surface area contributed by atoms with Gasteiger partial charge >= 0.3 is 6.09 Å². The second-order valence-electron chi connectivity index (χ2n) is 6.18. The van der Waals surface area contributed by atoms with Crippen molar-refractivity contribution in [2.24, 2.45) is 0 Å². The Labute approximate surface area is 127 Å². The molecule has 0 N–H and O–H groups in total. The Hall–Kier alpha value is -0.850. The smallest absolute Gasteiger partial charge is 0.410 e. The fourth-order valence-electron chi connectivity index (χ4n) is 1.82. The Morgan fingerprint density at radius 2 is 2.00 bits per heavy atom. The van der Waals surface area contributed by atoms with Crippen molar-refractivity contribution in [2.45, 2.75) is 51.9 Å². The van der Waals surface area contributed by atoms with Crippen LogP contribution in [0.15, 0.2) is 0 Å². The predicted molar refractivity (Wildman–Crippen MR) is 79.2 cm³/mol. The topological polar surface area (TPSA) is 57.2 Å². The van der Waals surface area contributed by atoms with E-state index < -0.39 is 5.60 Å². The van der Waals surface area contributed by atoms with Crippen molar-refractivity contribution in [1.82, 2.24) is 4.90 Å². The molecular weight excluding hydrogens is 274 g/mol. The quantitative estimate of drug-likeness (QED) is 0.676. The molecule has 1 aliphatic rings. The van der Waals surface area contributed by atoms with Crippen LogP contribution in [0.5, 0.6) is 0 Å². The lowest BCUT2D eigenvalue weighted by Crippen LogP contribution is -2.36. The van der Waals surface area contributed by atoms with Crippen LogP contribution in [0.2, 0.25) is 0 Å². The van der Waals surface area contributed by atoms with Gasteiger partial charge < -0.3 is 23.8 Å². The van der Waals surface area contributed by atoms with E-state index in [-0.39, 0.29) is 12.4 Å². The first kappa shape index (κ1) is 18.2. The number of hydrogen-bond donors (Lipinski definition) is 0. The van der Waals surface area contributed by atoms with Crippen molar-refractivity contribution in [2.75, 3.05) is 40.0 Å². The minimum atomic E-state index is -0.472. The summed E-state index contributed by atoms with van der Waals surface area (Å²) in [6, 6.07) is 0. The van der Waals surface area contributed by atoms with E-state index in [9.17, 15) is 4.79 Å². The molecule has 0 radical (unpaired) electrons. The molecule has 0 spiro atoms. The van der Waals surface area contributed by atoms with Crippen LogP contribution >= 0.6 is 0 Å². The molecule has 1 saturated heterocycles. The Morgan fingerprint density at radius 1 is 1.24 bits per heavy atom. The van der Waals surface area contributed by atoms with Crippen molar-refractivity contribution in [1.29, 1.82) is 0 Å². The van der Waals surface area contributed by atoms with Gasteiger partial charge in [0.2, 0.25) is 0 Å². The molecule has 1 heterocycles.